The number of anilines is 1. The molecule has 126 valence electrons. The highest BCUT2D eigenvalue weighted by Gasteiger charge is 2.19. The molecule has 1 N–H and O–H groups in total. The number of non-ortho nitro benzene ring substituents is 1. The average molecular weight is 463 g/mol. The SMILES string of the molecule is Cc1nn(CC(=O)Nc2c(Br)cc([N+](=O)[O-])cc2Br)cc1[N+](=O)[O-]. The molecule has 1 aromatic carbocycles. The third kappa shape index (κ3) is 3.94. The van der Waals surface area contributed by atoms with Crippen molar-refractivity contribution >= 4 is 54.8 Å². The highest BCUT2D eigenvalue weighted by molar-refractivity contribution is 9.11. The smallest absolute Gasteiger partial charge is 0.309 e. The highest BCUT2D eigenvalue weighted by Crippen LogP contribution is 2.35. The number of benzene rings is 1. The van der Waals surface area contributed by atoms with Crippen LogP contribution in [0.5, 0.6) is 0 Å². The second-order valence-corrected chi connectivity index (χ2v) is 6.35. The molecule has 0 fully saturated rings. The molecule has 0 unspecified atom stereocenters. The predicted molar refractivity (Wildman–Crippen MR) is 90.7 cm³/mol. The predicted octanol–water partition coefficient (Wildman–Crippen LogP) is 3.17. The number of carbonyl (C=O) groups is 1. The summed E-state index contributed by atoms with van der Waals surface area (Å²) in [5, 5.41) is 28.0. The lowest BCUT2D eigenvalue weighted by Crippen LogP contribution is -2.19. The molecule has 0 spiro atoms. The quantitative estimate of drug-likeness (QED) is 0.535. The molecule has 0 aliphatic heterocycles. The molecule has 1 heterocycles. The second-order valence-electron chi connectivity index (χ2n) is 4.64. The molecule has 0 aliphatic carbocycles. The fourth-order valence-electron chi connectivity index (χ4n) is 1.88. The van der Waals surface area contributed by atoms with Crippen molar-refractivity contribution < 1.29 is 14.6 Å². The first kappa shape index (κ1) is 18.0. The van der Waals surface area contributed by atoms with E-state index in [0.717, 1.165) is 10.9 Å². The number of aryl methyl sites for hydroxylation is 1. The Balaban J connectivity index is 2.17. The zero-order valence-electron chi connectivity index (χ0n) is 12.0. The summed E-state index contributed by atoms with van der Waals surface area (Å²) in [6.45, 7) is 1.22. The Morgan fingerprint density at radius 1 is 1.25 bits per heavy atom. The number of halogens is 2. The van der Waals surface area contributed by atoms with E-state index < -0.39 is 15.8 Å². The van der Waals surface area contributed by atoms with Crippen molar-refractivity contribution in [1.29, 1.82) is 0 Å². The normalized spacial score (nSPS) is 10.5. The van der Waals surface area contributed by atoms with Gasteiger partial charge in [-0.3, -0.25) is 29.7 Å². The van der Waals surface area contributed by atoms with Gasteiger partial charge in [-0.2, -0.15) is 5.10 Å². The van der Waals surface area contributed by atoms with E-state index in [1.807, 2.05) is 0 Å². The maximum Gasteiger partial charge on any atom is 0.309 e. The molecule has 0 atom stereocenters. The van der Waals surface area contributed by atoms with Crippen molar-refractivity contribution in [2.45, 2.75) is 13.5 Å². The molecule has 24 heavy (non-hydrogen) atoms. The Labute approximate surface area is 151 Å². The summed E-state index contributed by atoms with van der Waals surface area (Å²) in [6, 6.07) is 2.51. The van der Waals surface area contributed by atoms with E-state index >= 15 is 0 Å². The number of rotatable bonds is 5. The molecule has 0 saturated heterocycles. The third-order valence-electron chi connectivity index (χ3n) is 2.92. The Morgan fingerprint density at radius 2 is 1.83 bits per heavy atom. The summed E-state index contributed by atoms with van der Waals surface area (Å²) in [4.78, 5) is 32.5. The van der Waals surface area contributed by atoms with Gasteiger partial charge in [-0.05, 0) is 38.8 Å². The lowest BCUT2D eigenvalue weighted by Gasteiger charge is -2.09. The topological polar surface area (TPSA) is 133 Å². The van der Waals surface area contributed by atoms with Gasteiger partial charge in [-0.1, -0.05) is 0 Å². The molecular weight excluding hydrogens is 454 g/mol. The molecular formula is C12H9Br2N5O5. The van der Waals surface area contributed by atoms with Crippen LogP contribution in [0.2, 0.25) is 0 Å². The lowest BCUT2D eigenvalue weighted by molar-refractivity contribution is -0.385. The van der Waals surface area contributed by atoms with Crippen LogP contribution in [0.15, 0.2) is 27.3 Å². The van der Waals surface area contributed by atoms with E-state index in [4.69, 9.17) is 0 Å². The number of nitrogens with one attached hydrogen (secondary N) is 1. The number of hydrogen-bond donors (Lipinski definition) is 1. The van der Waals surface area contributed by atoms with Gasteiger partial charge in [-0.15, -0.1) is 0 Å². The number of nitrogens with zero attached hydrogens (tertiary/aromatic N) is 4. The van der Waals surface area contributed by atoms with E-state index in [2.05, 4.69) is 42.3 Å². The summed E-state index contributed by atoms with van der Waals surface area (Å²) >= 11 is 6.31. The number of hydrogen-bond acceptors (Lipinski definition) is 6. The van der Waals surface area contributed by atoms with E-state index in [0.29, 0.717) is 14.6 Å². The van der Waals surface area contributed by atoms with Crippen LogP contribution in [0.25, 0.3) is 0 Å². The molecule has 2 aromatic rings. The summed E-state index contributed by atoms with van der Waals surface area (Å²) in [7, 11) is 0. The fourth-order valence-corrected chi connectivity index (χ4v) is 3.24. The first-order valence-corrected chi connectivity index (χ1v) is 7.89. The zero-order chi connectivity index (χ0) is 18.0. The van der Waals surface area contributed by atoms with Crippen LogP contribution in [0.1, 0.15) is 5.69 Å². The number of aromatic nitrogens is 2. The van der Waals surface area contributed by atoms with E-state index in [9.17, 15) is 25.0 Å². The van der Waals surface area contributed by atoms with Gasteiger partial charge in [0.05, 0.1) is 15.5 Å². The van der Waals surface area contributed by atoms with Gasteiger partial charge in [0.1, 0.15) is 18.4 Å². The van der Waals surface area contributed by atoms with Crippen LogP contribution >= 0.6 is 31.9 Å². The first-order chi connectivity index (χ1) is 11.2. The minimum atomic E-state index is -0.583. The van der Waals surface area contributed by atoms with Crippen molar-refractivity contribution in [2.75, 3.05) is 5.32 Å². The summed E-state index contributed by atoms with van der Waals surface area (Å²) in [5.41, 5.74) is 0.181. The molecule has 0 radical (unpaired) electrons. The monoisotopic (exact) mass is 461 g/mol. The standard InChI is InChI=1S/C12H9Br2N5O5/c1-6-10(19(23)24)4-17(16-6)5-11(20)15-12-8(13)2-7(18(21)22)3-9(12)14/h2-4H,5H2,1H3,(H,15,20). The van der Waals surface area contributed by atoms with Gasteiger partial charge >= 0.3 is 5.69 Å². The van der Waals surface area contributed by atoms with Gasteiger partial charge in [0.15, 0.2) is 0 Å². The molecule has 1 amide bonds. The summed E-state index contributed by atoms with van der Waals surface area (Å²) < 4.78 is 1.79. The van der Waals surface area contributed by atoms with Crippen molar-refractivity contribution in [3.8, 4) is 0 Å². The van der Waals surface area contributed by atoms with Crippen molar-refractivity contribution in [2.24, 2.45) is 0 Å². The van der Waals surface area contributed by atoms with Gasteiger partial charge in [-0.25, -0.2) is 0 Å². The Kier molecular flexibility index (Phi) is 5.29. The van der Waals surface area contributed by atoms with Crippen LogP contribution in [-0.4, -0.2) is 25.5 Å². The summed E-state index contributed by atoms with van der Waals surface area (Å²) in [6.07, 6.45) is 1.16. The molecule has 10 nitrogen and oxygen atoms in total. The number of amides is 1. The van der Waals surface area contributed by atoms with Crippen LogP contribution in [0, 0.1) is 27.2 Å². The Morgan fingerprint density at radius 3 is 2.29 bits per heavy atom. The molecule has 2 rings (SSSR count). The number of nitro benzene ring substituents is 1. The zero-order valence-corrected chi connectivity index (χ0v) is 15.2. The Bertz CT molecular complexity index is 827. The number of carbonyl (C=O) groups excluding carboxylic acids is 1. The van der Waals surface area contributed by atoms with E-state index in [1.54, 1.807) is 0 Å². The molecule has 1 aromatic heterocycles. The lowest BCUT2D eigenvalue weighted by atomic mass is 10.3. The van der Waals surface area contributed by atoms with Crippen molar-refractivity contribution in [1.82, 2.24) is 9.78 Å². The van der Waals surface area contributed by atoms with Crippen LogP contribution < -0.4 is 5.32 Å². The van der Waals surface area contributed by atoms with Crippen LogP contribution in [-0.2, 0) is 11.3 Å². The summed E-state index contributed by atoms with van der Waals surface area (Å²) in [5.74, 6) is -0.498. The maximum absolute atomic E-state index is 12.1. The van der Waals surface area contributed by atoms with E-state index in [-0.39, 0.29) is 23.6 Å². The first-order valence-electron chi connectivity index (χ1n) is 6.30. The van der Waals surface area contributed by atoms with Gasteiger partial charge in [0, 0.05) is 21.1 Å². The molecule has 0 bridgehead atoms. The molecule has 0 aliphatic rings. The van der Waals surface area contributed by atoms with Crippen molar-refractivity contribution in [3.63, 3.8) is 0 Å². The molecule has 0 saturated carbocycles. The van der Waals surface area contributed by atoms with Crippen molar-refractivity contribution in [3.05, 3.63) is 53.2 Å². The fraction of sp³-hybridized carbons (Fsp3) is 0.167. The van der Waals surface area contributed by atoms with Gasteiger partial charge < -0.3 is 5.32 Å². The minimum absolute atomic E-state index is 0.148. The second kappa shape index (κ2) is 7.05. The number of nitro groups is 2. The van der Waals surface area contributed by atoms with Gasteiger partial charge in [0.25, 0.3) is 5.69 Å². The average Bonchev–Trinajstić information content (AvgIpc) is 2.83. The third-order valence-corrected chi connectivity index (χ3v) is 4.18. The van der Waals surface area contributed by atoms with Gasteiger partial charge in [0.2, 0.25) is 5.91 Å². The molecule has 12 heteroatoms. The highest BCUT2D eigenvalue weighted by atomic mass is 79.9. The maximum atomic E-state index is 12.1. The Hall–Kier alpha value is -2.34. The van der Waals surface area contributed by atoms with Crippen LogP contribution in [0.4, 0.5) is 17.1 Å². The van der Waals surface area contributed by atoms with E-state index in [1.165, 1.54) is 19.1 Å². The van der Waals surface area contributed by atoms with Crippen LogP contribution in [0.3, 0.4) is 0 Å². The minimum Gasteiger partial charge on any atom is -0.323 e. The largest absolute Gasteiger partial charge is 0.323 e.